The molecule has 122 valence electrons. The summed E-state index contributed by atoms with van der Waals surface area (Å²) in [6.45, 7) is -0.602. The lowest BCUT2D eigenvalue weighted by Gasteiger charge is -2.13. The summed E-state index contributed by atoms with van der Waals surface area (Å²) in [5, 5.41) is 19.8. The van der Waals surface area contributed by atoms with E-state index in [1.165, 1.54) is 29.1 Å². The van der Waals surface area contributed by atoms with Gasteiger partial charge in [-0.25, -0.2) is 4.57 Å². The fourth-order valence-electron chi connectivity index (χ4n) is 2.08. The van der Waals surface area contributed by atoms with E-state index < -0.39 is 44.9 Å². The van der Waals surface area contributed by atoms with Crippen LogP contribution in [0.1, 0.15) is 16.6 Å². The van der Waals surface area contributed by atoms with Crippen molar-refractivity contribution in [2.24, 2.45) is 5.73 Å². The lowest BCUT2D eigenvalue weighted by molar-refractivity contribution is -0.765. The topological polar surface area (TPSA) is 163 Å². The fraction of sp³-hybridized carbons (Fsp3) is 0.455. The molecular formula is C11H16N2O8P+. The predicted octanol–water partition coefficient (Wildman–Crippen LogP) is -2.20. The van der Waals surface area contributed by atoms with Gasteiger partial charge < -0.3 is 30.5 Å². The molecule has 1 aromatic rings. The fourth-order valence-corrected chi connectivity index (χ4v) is 2.42. The highest BCUT2D eigenvalue weighted by Gasteiger charge is 2.48. The van der Waals surface area contributed by atoms with Crippen LogP contribution in [0.3, 0.4) is 0 Å². The average Bonchev–Trinajstić information content (AvgIpc) is 2.72. The van der Waals surface area contributed by atoms with Gasteiger partial charge in [0.1, 0.15) is 17.8 Å². The Labute approximate surface area is 124 Å². The molecule has 22 heavy (non-hydrogen) atoms. The van der Waals surface area contributed by atoms with Crippen molar-refractivity contribution in [3.8, 4) is 0 Å². The van der Waals surface area contributed by atoms with E-state index >= 15 is 0 Å². The number of pyridine rings is 1. The van der Waals surface area contributed by atoms with Crippen LogP contribution in [0.2, 0.25) is 0 Å². The monoisotopic (exact) mass is 335 g/mol. The Morgan fingerprint density at radius 2 is 2.09 bits per heavy atom. The number of hydrogen-bond acceptors (Lipinski definition) is 6. The van der Waals surface area contributed by atoms with E-state index in [-0.39, 0.29) is 5.56 Å². The number of hydrogen-bond donors (Lipinski definition) is 5. The van der Waals surface area contributed by atoms with Gasteiger partial charge in [0.15, 0.2) is 18.5 Å². The summed E-state index contributed by atoms with van der Waals surface area (Å²) in [7, 11) is -4.72. The van der Waals surface area contributed by atoms with Crippen LogP contribution in [0, 0.1) is 0 Å². The zero-order valence-electron chi connectivity index (χ0n) is 11.2. The summed E-state index contributed by atoms with van der Waals surface area (Å²) in [6.07, 6.45) is -2.18. The maximum absolute atomic E-state index is 11.1. The molecule has 0 radical (unpaired) electrons. The van der Waals surface area contributed by atoms with Gasteiger partial charge in [0.05, 0.1) is 6.61 Å². The number of nitrogens with two attached hydrogens (primary N) is 1. The minimum Gasteiger partial charge on any atom is -0.387 e. The Kier molecular flexibility index (Phi) is 4.93. The van der Waals surface area contributed by atoms with Gasteiger partial charge in [0, 0.05) is 6.07 Å². The first-order valence-electron chi connectivity index (χ1n) is 6.21. The minimum atomic E-state index is -4.72. The van der Waals surface area contributed by atoms with Crippen LogP contribution in [0.5, 0.6) is 0 Å². The quantitative estimate of drug-likeness (QED) is 0.299. The van der Waals surface area contributed by atoms with Crippen LogP contribution in [-0.4, -0.2) is 50.8 Å². The Morgan fingerprint density at radius 1 is 1.41 bits per heavy atom. The Hall–Kier alpha value is -1.39. The Balaban J connectivity index is 2.14. The van der Waals surface area contributed by atoms with Gasteiger partial charge in [-0.1, -0.05) is 0 Å². The summed E-state index contributed by atoms with van der Waals surface area (Å²) < 4.78 is 21.6. The number of nitrogens with zero attached hydrogens (tertiary/aromatic N) is 1. The lowest BCUT2D eigenvalue weighted by atomic mass is 10.1. The molecule has 6 N–H and O–H groups in total. The van der Waals surface area contributed by atoms with Gasteiger partial charge in [-0.05, 0) is 6.07 Å². The molecule has 0 aromatic carbocycles. The van der Waals surface area contributed by atoms with Crippen molar-refractivity contribution in [3.63, 3.8) is 0 Å². The molecule has 1 amide bonds. The standard InChI is InChI=1S/C11H15N2O8P/c12-10(16)6-2-1-3-13(4-6)11-9(15)8(14)7(21-11)5-20-22(17,18)19/h1-4,7-9,11,14-15H,5H2,(H3-,12,16,17,18,19)/p+1/t7-,8-,9-,11-/m0/s1. The normalized spacial score (nSPS) is 28.7. The molecule has 10 nitrogen and oxygen atoms in total. The van der Waals surface area contributed by atoms with Gasteiger partial charge in [0.2, 0.25) is 0 Å². The highest BCUT2D eigenvalue weighted by molar-refractivity contribution is 7.46. The zero-order chi connectivity index (χ0) is 16.5. The average molecular weight is 335 g/mol. The summed E-state index contributed by atoms with van der Waals surface area (Å²) in [6, 6.07) is 2.97. The van der Waals surface area contributed by atoms with Crippen molar-refractivity contribution in [2.45, 2.75) is 24.5 Å². The molecule has 0 unspecified atom stereocenters. The third-order valence-corrected chi connectivity index (χ3v) is 3.63. The highest BCUT2D eigenvalue weighted by atomic mass is 31.2. The van der Waals surface area contributed by atoms with E-state index in [1.54, 1.807) is 0 Å². The first-order chi connectivity index (χ1) is 10.2. The Bertz CT molecular complexity index is 606. The molecule has 0 aliphatic carbocycles. The number of aliphatic hydroxyl groups excluding tert-OH is 2. The molecule has 0 spiro atoms. The maximum atomic E-state index is 11.1. The molecule has 1 fully saturated rings. The van der Waals surface area contributed by atoms with Crippen LogP contribution in [0.15, 0.2) is 24.5 Å². The van der Waals surface area contributed by atoms with Crippen molar-refractivity contribution in [2.75, 3.05) is 6.61 Å². The maximum Gasteiger partial charge on any atom is 0.469 e. The summed E-state index contributed by atoms with van der Waals surface area (Å²) >= 11 is 0. The number of primary amides is 1. The molecule has 1 saturated heterocycles. The van der Waals surface area contributed by atoms with Gasteiger partial charge in [-0.15, -0.1) is 0 Å². The second-order valence-electron chi connectivity index (χ2n) is 4.74. The molecule has 0 bridgehead atoms. The van der Waals surface area contributed by atoms with Crippen molar-refractivity contribution < 1.29 is 43.2 Å². The van der Waals surface area contributed by atoms with Crippen LogP contribution in [0.25, 0.3) is 0 Å². The lowest BCUT2D eigenvalue weighted by Crippen LogP contribution is -2.46. The SMILES string of the molecule is NC(=O)c1ccc[n+]([C@H]2O[C@@H](COP(=O)(O)O)[C@H](O)[C@@H]2O)c1. The van der Waals surface area contributed by atoms with Crippen LogP contribution < -0.4 is 10.3 Å². The molecule has 1 aromatic heterocycles. The molecule has 1 aliphatic rings. The third kappa shape index (κ3) is 3.87. The number of amides is 1. The predicted molar refractivity (Wildman–Crippen MR) is 69.1 cm³/mol. The van der Waals surface area contributed by atoms with E-state index in [2.05, 4.69) is 4.52 Å². The van der Waals surface area contributed by atoms with Crippen LogP contribution >= 0.6 is 7.82 Å². The molecule has 11 heteroatoms. The largest absolute Gasteiger partial charge is 0.469 e. The number of carbonyl (C=O) groups excluding carboxylic acids is 1. The van der Waals surface area contributed by atoms with Crippen LogP contribution in [-0.2, 0) is 13.8 Å². The summed E-state index contributed by atoms with van der Waals surface area (Å²) in [5.41, 5.74) is 5.32. The number of aromatic nitrogens is 1. The van der Waals surface area contributed by atoms with Gasteiger partial charge in [-0.3, -0.25) is 9.32 Å². The molecular weight excluding hydrogens is 319 g/mol. The zero-order valence-corrected chi connectivity index (χ0v) is 12.1. The van der Waals surface area contributed by atoms with Crippen molar-refractivity contribution in [1.82, 2.24) is 0 Å². The summed E-state index contributed by atoms with van der Waals surface area (Å²) in [4.78, 5) is 28.4. The first-order valence-corrected chi connectivity index (χ1v) is 7.74. The Morgan fingerprint density at radius 3 is 2.68 bits per heavy atom. The second-order valence-corrected chi connectivity index (χ2v) is 5.98. The molecule has 2 rings (SSSR count). The van der Waals surface area contributed by atoms with Gasteiger partial charge in [-0.2, -0.15) is 4.57 Å². The van der Waals surface area contributed by atoms with E-state index in [0.29, 0.717) is 0 Å². The number of rotatable bonds is 5. The van der Waals surface area contributed by atoms with E-state index in [1.807, 2.05) is 0 Å². The van der Waals surface area contributed by atoms with Crippen molar-refractivity contribution >= 4 is 13.7 Å². The number of phosphoric ester groups is 1. The number of phosphoric acid groups is 1. The van der Waals surface area contributed by atoms with E-state index in [9.17, 15) is 19.6 Å². The van der Waals surface area contributed by atoms with E-state index in [0.717, 1.165) is 0 Å². The molecule has 2 heterocycles. The first kappa shape index (κ1) is 17.0. The van der Waals surface area contributed by atoms with Crippen molar-refractivity contribution in [1.29, 1.82) is 0 Å². The number of aliphatic hydroxyl groups is 2. The van der Waals surface area contributed by atoms with Crippen LogP contribution in [0.4, 0.5) is 0 Å². The molecule has 1 aliphatic heterocycles. The van der Waals surface area contributed by atoms with Gasteiger partial charge in [0.25, 0.3) is 12.1 Å². The molecule has 4 atom stereocenters. The smallest absolute Gasteiger partial charge is 0.387 e. The minimum absolute atomic E-state index is 0.169. The second kappa shape index (κ2) is 6.39. The van der Waals surface area contributed by atoms with E-state index in [4.69, 9.17) is 20.3 Å². The number of carbonyl (C=O) groups is 1. The molecule has 0 saturated carbocycles. The highest BCUT2D eigenvalue weighted by Crippen LogP contribution is 2.37. The third-order valence-electron chi connectivity index (χ3n) is 3.14. The summed E-state index contributed by atoms with van der Waals surface area (Å²) in [5.74, 6) is -0.677. The number of ether oxygens (including phenoxy) is 1. The van der Waals surface area contributed by atoms with Gasteiger partial charge >= 0.3 is 7.82 Å². The van der Waals surface area contributed by atoms with Crippen molar-refractivity contribution in [3.05, 3.63) is 30.1 Å².